The highest BCUT2D eigenvalue weighted by Gasteiger charge is 2.31. The molecule has 2 unspecified atom stereocenters. The van der Waals surface area contributed by atoms with Crippen molar-refractivity contribution >= 4 is 11.9 Å². The lowest BCUT2D eigenvalue weighted by Gasteiger charge is -2.13. The lowest BCUT2D eigenvalue weighted by Crippen LogP contribution is -2.33. The number of nitrogens with zero attached hydrogens (tertiary/aromatic N) is 2. The highest BCUT2D eigenvalue weighted by Crippen LogP contribution is 2.19. The van der Waals surface area contributed by atoms with Crippen LogP contribution in [0.5, 0.6) is 0 Å². The zero-order valence-electron chi connectivity index (χ0n) is 12.3. The Balaban J connectivity index is 1.85. The van der Waals surface area contributed by atoms with E-state index in [0.717, 1.165) is 0 Å². The van der Waals surface area contributed by atoms with Crippen LogP contribution in [0.1, 0.15) is 50.1 Å². The van der Waals surface area contributed by atoms with Crippen molar-refractivity contribution in [2.24, 2.45) is 0 Å². The molecule has 0 bridgehead atoms. The first-order valence-corrected chi connectivity index (χ1v) is 6.86. The van der Waals surface area contributed by atoms with Crippen molar-refractivity contribution < 1.29 is 19.4 Å². The molecule has 1 aliphatic heterocycles. The molecule has 0 radical (unpaired) electrons. The molecule has 2 rings (SSSR count). The van der Waals surface area contributed by atoms with E-state index < -0.39 is 18.0 Å². The molecular formula is C13H20N4O4. The van der Waals surface area contributed by atoms with Crippen LogP contribution in [0.4, 0.5) is 0 Å². The monoisotopic (exact) mass is 296 g/mol. The van der Waals surface area contributed by atoms with Gasteiger partial charge < -0.3 is 15.2 Å². The lowest BCUT2D eigenvalue weighted by atomic mass is 9.96. The van der Waals surface area contributed by atoms with Crippen molar-refractivity contribution in [1.82, 2.24) is 20.5 Å². The number of aliphatic carboxylic acids is 1. The number of H-pyrrole nitrogens is 1. The fraction of sp³-hybridized carbons (Fsp3) is 0.692. The second-order valence-electron chi connectivity index (χ2n) is 6.13. The first-order chi connectivity index (χ1) is 9.77. The summed E-state index contributed by atoms with van der Waals surface area (Å²) in [4.78, 5) is 26.9. The van der Waals surface area contributed by atoms with Gasteiger partial charge in [-0.3, -0.25) is 9.89 Å². The molecule has 1 saturated heterocycles. The number of amides is 1. The third-order valence-corrected chi connectivity index (χ3v) is 3.27. The molecule has 1 aromatic rings. The van der Waals surface area contributed by atoms with Gasteiger partial charge in [0.2, 0.25) is 5.82 Å². The maximum absolute atomic E-state index is 11.9. The molecule has 1 aromatic heterocycles. The fourth-order valence-electron chi connectivity index (χ4n) is 2.02. The molecule has 1 aliphatic rings. The summed E-state index contributed by atoms with van der Waals surface area (Å²) in [5, 5.41) is 18.1. The molecule has 0 aromatic carbocycles. The molecular weight excluding hydrogens is 276 g/mol. The lowest BCUT2D eigenvalue weighted by molar-refractivity contribution is -0.149. The standard InChI is InChI=1S/C13H20N4O4/c1-13(2,3)12-15-9(16-17-12)10(18)14-6-7-4-5-8(21-7)11(19)20/h7-8H,4-6H2,1-3H3,(H,14,18)(H,19,20)(H,15,16,17). The van der Waals surface area contributed by atoms with E-state index in [1.807, 2.05) is 20.8 Å². The number of nitrogens with one attached hydrogen (secondary N) is 2. The van der Waals surface area contributed by atoms with Crippen LogP contribution in [0, 0.1) is 0 Å². The van der Waals surface area contributed by atoms with Gasteiger partial charge in [0.05, 0.1) is 6.10 Å². The average molecular weight is 296 g/mol. The van der Waals surface area contributed by atoms with E-state index in [0.29, 0.717) is 18.7 Å². The maximum atomic E-state index is 11.9. The van der Waals surface area contributed by atoms with Crippen LogP contribution in [0.25, 0.3) is 0 Å². The second kappa shape index (κ2) is 5.80. The van der Waals surface area contributed by atoms with Crippen LogP contribution in [0.2, 0.25) is 0 Å². The molecule has 1 amide bonds. The number of carboxylic acid groups (broad SMARTS) is 1. The molecule has 21 heavy (non-hydrogen) atoms. The van der Waals surface area contributed by atoms with Crippen molar-refractivity contribution in [3.63, 3.8) is 0 Å². The van der Waals surface area contributed by atoms with Gasteiger partial charge >= 0.3 is 5.97 Å². The Hall–Kier alpha value is -1.96. The number of hydrogen-bond acceptors (Lipinski definition) is 5. The summed E-state index contributed by atoms with van der Waals surface area (Å²) in [5.74, 6) is -0.653. The van der Waals surface area contributed by atoms with Gasteiger partial charge in [-0.05, 0) is 12.8 Å². The molecule has 3 N–H and O–H groups in total. The van der Waals surface area contributed by atoms with Crippen LogP contribution < -0.4 is 5.32 Å². The zero-order valence-corrected chi connectivity index (χ0v) is 12.3. The third-order valence-electron chi connectivity index (χ3n) is 3.27. The predicted octanol–water partition coefficient (Wildman–Crippen LogP) is 0.464. The van der Waals surface area contributed by atoms with E-state index in [9.17, 15) is 9.59 Å². The average Bonchev–Trinajstić information content (AvgIpc) is 3.04. The number of carboxylic acids is 1. The molecule has 0 spiro atoms. The summed E-state index contributed by atoms with van der Waals surface area (Å²) >= 11 is 0. The van der Waals surface area contributed by atoms with E-state index in [1.165, 1.54) is 0 Å². The Kier molecular flexibility index (Phi) is 4.26. The van der Waals surface area contributed by atoms with Crippen LogP contribution in [-0.4, -0.2) is 50.9 Å². The Labute approximate surface area is 122 Å². The summed E-state index contributed by atoms with van der Waals surface area (Å²) < 4.78 is 5.31. The van der Waals surface area contributed by atoms with Gasteiger partial charge in [0.25, 0.3) is 5.91 Å². The minimum Gasteiger partial charge on any atom is -0.479 e. The minimum atomic E-state index is -0.965. The summed E-state index contributed by atoms with van der Waals surface area (Å²) in [5.41, 5.74) is -0.213. The first kappa shape index (κ1) is 15.4. The highest BCUT2D eigenvalue weighted by molar-refractivity contribution is 5.90. The fourth-order valence-corrected chi connectivity index (χ4v) is 2.02. The number of aromatic amines is 1. The zero-order chi connectivity index (χ0) is 15.6. The Morgan fingerprint density at radius 3 is 2.67 bits per heavy atom. The van der Waals surface area contributed by atoms with E-state index in [1.54, 1.807) is 0 Å². The second-order valence-corrected chi connectivity index (χ2v) is 6.13. The molecule has 0 saturated carbocycles. The van der Waals surface area contributed by atoms with Gasteiger partial charge in [0.15, 0.2) is 6.10 Å². The topological polar surface area (TPSA) is 117 Å². The van der Waals surface area contributed by atoms with Gasteiger partial charge in [0.1, 0.15) is 5.82 Å². The van der Waals surface area contributed by atoms with E-state index >= 15 is 0 Å². The number of ether oxygens (including phenoxy) is 1. The maximum Gasteiger partial charge on any atom is 0.332 e. The van der Waals surface area contributed by atoms with Crippen LogP contribution in [0.3, 0.4) is 0 Å². The third kappa shape index (κ3) is 3.78. The molecule has 0 aliphatic carbocycles. The van der Waals surface area contributed by atoms with Gasteiger partial charge in [-0.15, -0.1) is 5.10 Å². The molecule has 8 heteroatoms. The van der Waals surface area contributed by atoms with Gasteiger partial charge in [-0.25, -0.2) is 9.78 Å². The molecule has 2 atom stereocenters. The summed E-state index contributed by atoms with van der Waals surface area (Å²) in [6, 6.07) is 0. The predicted molar refractivity (Wildman–Crippen MR) is 72.9 cm³/mol. The number of carbonyl (C=O) groups is 2. The van der Waals surface area contributed by atoms with Gasteiger partial charge in [0, 0.05) is 12.0 Å². The first-order valence-electron chi connectivity index (χ1n) is 6.86. The molecule has 8 nitrogen and oxygen atoms in total. The van der Waals surface area contributed by atoms with Crippen LogP contribution in [-0.2, 0) is 14.9 Å². The van der Waals surface area contributed by atoms with E-state index in [4.69, 9.17) is 9.84 Å². The van der Waals surface area contributed by atoms with Crippen molar-refractivity contribution in [1.29, 1.82) is 0 Å². The Bertz CT molecular complexity index is 535. The van der Waals surface area contributed by atoms with Crippen molar-refractivity contribution in [2.75, 3.05) is 6.54 Å². The quantitative estimate of drug-likeness (QED) is 0.743. The highest BCUT2D eigenvalue weighted by atomic mass is 16.5. The summed E-state index contributed by atoms with van der Waals surface area (Å²) in [6.45, 7) is 6.15. The SMILES string of the molecule is CC(C)(C)c1nc(C(=O)NCC2CCC(C(=O)O)O2)n[nH]1. The van der Waals surface area contributed by atoms with Crippen molar-refractivity contribution in [2.45, 2.75) is 51.2 Å². The van der Waals surface area contributed by atoms with Crippen molar-refractivity contribution in [3.8, 4) is 0 Å². The largest absolute Gasteiger partial charge is 0.479 e. The normalized spacial score (nSPS) is 22.2. The number of carbonyl (C=O) groups excluding carboxylic acids is 1. The number of hydrogen-bond donors (Lipinski definition) is 3. The van der Waals surface area contributed by atoms with Crippen molar-refractivity contribution in [3.05, 3.63) is 11.6 Å². The summed E-state index contributed by atoms with van der Waals surface area (Å²) in [7, 11) is 0. The van der Waals surface area contributed by atoms with E-state index in [2.05, 4.69) is 20.5 Å². The van der Waals surface area contributed by atoms with Crippen LogP contribution in [0.15, 0.2) is 0 Å². The van der Waals surface area contributed by atoms with Crippen LogP contribution >= 0.6 is 0 Å². The summed E-state index contributed by atoms with van der Waals surface area (Å²) in [6.07, 6.45) is 0.0161. The number of rotatable bonds is 4. The minimum absolute atomic E-state index is 0.0766. The molecule has 116 valence electrons. The smallest absolute Gasteiger partial charge is 0.332 e. The Morgan fingerprint density at radius 2 is 2.14 bits per heavy atom. The Morgan fingerprint density at radius 1 is 1.43 bits per heavy atom. The van der Waals surface area contributed by atoms with E-state index in [-0.39, 0.29) is 23.9 Å². The number of aromatic nitrogens is 3. The molecule has 1 fully saturated rings. The van der Waals surface area contributed by atoms with Gasteiger partial charge in [-0.2, -0.15) is 0 Å². The molecule has 2 heterocycles. The van der Waals surface area contributed by atoms with Gasteiger partial charge in [-0.1, -0.05) is 20.8 Å².